The van der Waals surface area contributed by atoms with Crippen LogP contribution in [0.4, 0.5) is 8.78 Å². The smallest absolute Gasteiger partial charge is 0.267 e. The molecule has 1 amide bonds. The van der Waals surface area contributed by atoms with E-state index >= 15 is 4.39 Å². The van der Waals surface area contributed by atoms with Crippen LogP contribution in [0.3, 0.4) is 0 Å². The molecule has 0 spiro atoms. The lowest BCUT2D eigenvalue weighted by atomic mass is 9.86. The van der Waals surface area contributed by atoms with E-state index in [9.17, 15) is 14.4 Å². The van der Waals surface area contributed by atoms with Crippen LogP contribution in [0.25, 0.3) is 0 Å². The Morgan fingerprint density at radius 1 is 1.20 bits per heavy atom. The zero-order valence-electron chi connectivity index (χ0n) is 20.4. The zero-order valence-corrected chi connectivity index (χ0v) is 21.2. The van der Waals surface area contributed by atoms with Crippen LogP contribution < -0.4 is 9.46 Å². The molecule has 0 heterocycles. The van der Waals surface area contributed by atoms with Crippen molar-refractivity contribution in [3.05, 3.63) is 59.4 Å². The molecule has 0 bridgehead atoms. The van der Waals surface area contributed by atoms with Crippen LogP contribution >= 0.6 is 11.9 Å². The molecule has 1 N–H and O–H groups in total. The molecule has 0 saturated heterocycles. The first-order valence-corrected chi connectivity index (χ1v) is 12.9. The lowest BCUT2D eigenvalue weighted by Crippen LogP contribution is -2.42. The van der Waals surface area contributed by atoms with Gasteiger partial charge in [-0.2, -0.15) is 5.26 Å². The summed E-state index contributed by atoms with van der Waals surface area (Å²) in [7, 11) is 3.93. The predicted octanol–water partition coefficient (Wildman–Crippen LogP) is 5.82. The largest absolute Gasteiger partial charge is 0.486 e. The number of ether oxygens (including phenoxy) is 1. The SMILES string of the molecule is CN(C)CCC(CCc1ccccc1)Oc1c(F)cc(SNC(=O)C2(F)CCCCC2)cc1C#N. The predicted molar refractivity (Wildman–Crippen MR) is 134 cm³/mol. The summed E-state index contributed by atoms with van der Waals surface area (Å²) in [5.74, 6) is -1.47. The Morgan fingerprint density at radius 2 is 1.91 bits per heavy atom. The minimum Gasteiger partial charge on any atom is -0.486 e. The number of hydrogen-bond donors (Lipinski definition) is 1. The highest BCUT2D eigenvalue weighted by atomic mass is 32.2. The third-order valence-corrected chi connectivity index (χ3v) is 6.99. The monoisotopic (exact) mass is 501 g/mol. The molecule has 35 heavy (non-hydrogen) atoms. The molecule has 1 aliphatic carbocycles. The molecule has 1 saturated carbocycles. The topological polar surface area (TPSA) is 65.4 Å². The third-order valence-electron chi connectivity index (χ3n) is 6.23. The molecule has 1 atom stereocenters. The second-order valence-electron chi connectivity index (χ2n) is 9.31. The van der Waals surface area contributed by atoms with E-state index in [1.165, 1.54) is 12.1 Å². The first-order chi connectivity index (χ1) is 16.8. The summed E-state index contributed by atoms with van der Waals surface area (Å²) < 4.78 is 38.5. The number of amides is 1. The van der Waals surface area contributed by atoms with Crippen LogP contribution in [0.2, 0.25) is 0 Å². The van der Waals surface area contributed by atoms with Crippen molar-refractivity contribution >= 4 is 17.9 Å². The average Bonchev–Trinajstić information content (AvgIpc) is 2.86. The van der Waals surface area contributed by atoms with Gasteiger partial charge in [0.2, 0.25) is 0 Å². The molecule has 1 unspecified atom stereocenters. The Morgan fingerprint density at radius 3 is 2.57 bits per heavy atom. The quantitative estimate of drug-likeness (QED) is 0.393. The molecule has 0 radical (unpaired) electrons. The van der Waals surface area contributed by atoms with Crippen molar-refractivity contribution in [3.63, 3.8) is 0 Å². The van der Waals surface area contributed by atoms with Gasteiger partial charge in [-0.3, -0.25) is 9.52 Å². The molecule has 2 aromatic carbocycles. The molecule has 1 aliphatic rings. The molecular formula is C27H33F2N3O2S. The maximum atomic E-state index is 15.1. The summed E-state index contributed by atoms with van der Waals surface area (Å²) in [6, 6.07) is 14.7. The average molecular weight is 502 g/mol. The fourth-order valence-corrected chi connectivity index (χ4v) is 4.90. The van der Waals surface area contributed by atoms with Gasteiger partial charge in [0.1, 0.15) is 12.2 Å². The third kappa shape index (κ3) is 7.94. The number of hydrogen-bond acceptors (Lipinski definition) is 5. The first kappa shape index (κ1) is 27.0. The maximum absolute atomic E-state index is 15.1. The van der Waals surface area contributed by atoms with Gasteiger partial charge < -0.3 is 9.64 Å². The van der Waals surface area contributed by atoms with E-state index in [0.29, 0.717) is 30.6 Å². The van der Waals surface area contributed by atoms with E-state index in [0.717, 1.165) is 36.9 Å². The van der Waals surface area contributed by atoms with E-state index < -0.39 is 17.4 Å². The Kier molecular flexibility index (Phi) is 9.93. The summed E-state index contributed by atoms with van der Waals surface area (Å²) >= 11 is 0.821. The van der Waals surface area contributed by atoms with Crippen LogP contribution in [0, 0.1) is 17.1 Å². The number of carbonyl (C=O) groups is 1. The highest BCUT2D eigenvalue weighted by molar-refractivity contribution is 7.98. The van der Waals surface area contributed by atoms with Crippen molar-refractivity contribution in [2.75, 3.05) is 20.6 Å². The second kappa shape index (κ2) is 12.9. The number of rotatable bonds is 11. The summed E-state index contributed by atoms with van der Waals surface area (Å²) in [4.78, 5) is 14.7. The van der Waals surface area contributed by atoms with Gasteiger partial charge in [-0.25, -0.2) is 8.78 Å². The standard InChI is InChI=1S/C27H33F2N3O2S/c1-32(2)16-13-22(12-11-20-9-5-3-6-10-20)34-25-21(19-30)17-23(18-24(25)28)35-31-26(33)27(29)14-7-4-8-15-27/h3,5-6,9-10,17-18,22H,4,7-8,11-16H2,1-2H3,(H,31,33). The Bertz CT molecular complexity index is 1020. The maximum Gasteiger partial charge on any atom is 0.267 e. The van der Waals surface area contributed by atoms with E-state index in [2.05, 4.69) is 4.72 Å². The van der Waals surface area contributed by atoms with Crippen molar-refractivity contribution in [2.24, 2.45) is 0 Å². The Balaban J connectivity index is 1.69. The molecule has 0 aromatic heterocycles. The first-order valence-electron chi connectivity index (χ1n) is 12.1. The number of aryl methyl sites for hydroxylation is 1. The van der Waals surface area contributed by atoms with Crippen LogP contribution in [0.5, 0.6) is 5.75 Å². The molecule has 5 nitrogen and oxygen atoms in total. The lowest BCUT2D eigenvalue weighted by molar-refractivity contribution is -0.132. The van der Waals surface area contributed by atoms with Gasteiger partial charge in [0.15, 0.2) is 17.2 Å². The van der Waals surface area contributed by atoms with Gasteiger partial charge in [-0.1, -0.05) is 36.8 Å². The molecule has 1 fully saturated rings. The molecule has 0 aliphatic heterocycles. The van der Waals surface area contributed by atoms with Crippen LogP contribution in [-0.2, 0) is 11.2 Å². The van der Waals surface area contributed by atoms with E-state index in [1.54, 1.807) is 0 Å². The number of nitrogens with zero attached hydrogens (tertiary/aromatic N) is 2. The summed E-state index contributed by atoms with van der Waals surface area (Å²) in [5.41, 5.74) is -0.675. The Hall–Kier alpha value is -2.63. The van der Waals surface area contributed by atoms with Crippen LogP contribution in [0.15, 0.2) is 47.4 Å². The van der Waals surface area contributed by atoms with Gasteiger partial charge in [0.25, 0.3) is 5.91 Å². The number of nitrogens with one attached hydrogen (secondary N) is 1. The van der Waals surface area contributed by atoms with Gasteiger partial charge in [0.05, 0.1) is 5.56 Å². The normalized spacial score (nSPS) is 15.9. The number of halogens is 2. The van der Waals surface area contributed by atoms with Crippen molar-refractivity contribution < 1.29 is 18.3 Å². The fourth-order valence-electron chi connectivity index (χ4n) is 4.17. The van der Waals surface area contributed by atoms with E-state index in [1.807, 2.05) is 55.4 Å². The second-order valence-corrected chi connectivity index (χ2v) is 10.2. The van der Waals surface area contributed by atoms with Crippen molar-refractivity contribution in [1.82, 2.24) is 9.62 Å². The van der Waals surface area contributed by atoms with Crippen LogP contribution in [-0.4, -0.2) is 43.2 Å². The van der Waals surface area contributed by atoms with Crippen molar-refractivity contribution in [3.8, 4) is 11.8 Å². The number of carbonyl (C=O) groups excluding carboxylic acids is 1. The van der Waals surface area contributed by atoms with Gasteiger partial charge in [-0.15, -0.1) is 0 Å². The lowest BCUT2D eigenvalue weighted by Gasteiger charge is -2.27. The van der Waals surface area contributed by atoms with Gasteiger partial charge in [-0.05, 0) is 88.7 Å². The summed E-state index contributed by atoms with van der Waals surface area (Å²) in [6.45, 7) is 0.758. The zero-order chi connectivity index (χ0) is 25.3. The minimum atomic E-state index is -1.89. The number of benzene rings is 2. The molecule has 2 aromatic rings. The Labute approximate surface area is 211 Å². The molecule has 8 heteroatoms. The summed E-state index contributed by atoms with van der Waals surface area (Å²) in [5, 5.41) is 9.67. The number of alkyl halides is 1. The van der Waals surface area contributed by atoms with Gasteiger partial charge >= 0.3 is 0 Å². The van der Waals surface area contributed by atoms with E-state index in [-0.39, 0.29) is 30.3 Å². The highest BCUT2D eigenvalue weighted by Crippen LogP contribution is 2.34. The molecular weight excluding hydrogens is 468 g/mol. The van der Waals surface area contributed by atoms with Gasteiger partial charge in [0, 0.05) is 11.4 Å². The van der Waals surface area contributed by atoms with Crippen molar-refractivity contribution in [1.29, 1.82) is 5.26 Å². The van der Waals surface area contributed by atoms with Crippen molar-refractivity contribution in [2.45, 2.75) is 68.0 Å². The summed E-state index contributed by atoms with van der Waals surface area (Å²) in [6.07, 6.45) is 4.50. The van der Waals surface area contributed by atoms with E-state index in [4.69, 9.17) is 4.74 Å². The minimum absolute atomic E-state index is 0.0453. The molecule has 188 valence electrons. The molecule has 3 rings (SSSR count). The highest BCUT2D eigenvalue weighted by Gasteiger charge is 2.39. The fraction of sp³-hybridized carbons (Fsp3) is 0.481. The van der Waals surface area contributed by atoms with Crippen LogP contribution in [0.1, 0.15) is 56.1 Å². The number of nitriles is 1.